The van der Waals surface area contributed by atoms with E-state index in [2.05, 4.69) is 5.43 Å². The molecule has 0 aliphatic rings. The summed E-state index contributed by atoms with van der Waals surface area (Å²) in [6.45, 7) is 2.95. The fourth-order valence-corrected chi connectivity index (χ4v) is 0.505. The van der Waals surface area contributed by atoms with Crippen molar-refractivity contribution in [3.63, 3.8) is 0 Å². The van der Waals surface area contributed by atoms with Crippen LogP contribution in [0.5, 0.6) is 0 Å². The van der Waals surface area contributed by atoms with Crippen LogP contribution in [-0.2, 0) is 0 Å². The van der Waals surface area contributed by atoms with E-state index in [4.69, 9.17) is 10.9 Å². The molecule has 0 radical (unpaired) electrons. The minimum atomic E-state index is 0.223. The van der Waals surface area contributed by atoms with E-state index in [-0.39, 0.29) is 6.61 Å². The lowest BCUT2D eigenvalue weighted by atomic mass is 10.1. The molecule has 0 aliphatic carbocycles. The molecule has 8 heavy (non-hydrogen) atoms. The highest BCUT2D eigenvalue weighted by molar-refractivity contribution is 4.54. The predicted molar refractivity (Wildman–Crippen MR) is 33.1 cm³/mol. The summed E-state index contributed by atoms with van der Waals surface area (Å²) in [6, 6.07) is 0. The molecular formula is C5H14N2O. The van der Waals surface area contributed by atoms with Gasteiger partial charge in [-0.15, -0.1) is 0 Å². The Bertz CT molecular complexity index is 45.7. The summed E-state index contributed by atoms with van der Waals surface area (Å²) < 4.78 is 0. The Morgan fingerprint density at radius 2 is 2.38 bits per heavy atom. The number of hydrogen-bond donors (Lipinski definition) is 3. The first-order valence-electron chi connectivity index (χ1n) is 2.89. The second kappa shape index (κ2) is 5.03. The molecule has 1 unspecified atom stereocenters. The maximum Gasteiger partial charge on any atom is 0.0471 e. The first kappa shape index (κ1) is 7.88. The van der Waals surface area contributed by atoms with Gasteiger partial charge in [0.2, 0.25) is 0 Å². The van der Waals surface area contributed by atoms with E-state index in [1.54, 1.807) is 0 Å². The Labute approximate surface area is 49.9 Å². The second-order valence-corrected chi connectivity index (χ2v) is 1.87. The zero-order valence-electron chi connectivity index (χ0n) is 5.22. The minimum Gasteiger partial charge on any atom is -0.396 e. The third-order valence-corrected chi connectivity index (χ3v) is 1.24. The fourth-order valence-electron chi connectivity index (χ4n) is 0.505. The Morgan fingerprint density at radius 1 is 1.75 bits per heavy atom. The maximum atomic E-state index is 8.56. The van der Waals surface area contributed by atoms with Gasteiger partial charge in [0.15, 0.2) is 0 Å². The number of aliphatic hydroxyl groups excluding tert-OH is 1. The van der Waals surface area contributed by atoms with Gasteiger partial charge in [-0.05, 0) is 12.3 Å². The van der Waals surface area contributed by atoms with Crippen LogP contribution >= 0.6 is 0 Å². The number of hydrogen-bond acceptors (Lipinski definition) is 3. The van der Waals surface area contributed by atoms with Crippen molar-refractivity contribution in [2.45, 2.75) is 13.3 Å². The monoisotopic (exact) mass is 118 g/mol. The van der Waals surface area contributed by atoms with Crippen LogP contribution in [0.4, 0.5) is 0 Å². The van der Waals surface area contributed by atoms with Gasteiger partial charge in [-0.3, -0.25) is 11.3 Å². The summed E-state index contributed by atoms with van der Waals surface area (Å²) in [4.78, 5) is 0. The molecule has 50 valence electrons. The van der Waals surface area contributed by atoms with E-state index >= 15 is 0 Å². The molecule has 3 nitrogen and oxygen atoms in total. The molecule has 0 heterocycles. The fraction of sp³-hybridized carbons (Fsp3) is 1.00. The van der Waals surface area contributed by atoms with Crippen molar-refractivity contribution < 1.29 is 5.11 Å². The van der Waals surface area contributed by atoms with Crippen LogP contribution in [0.25, 0.3) is 0 Å². The zero-order valence-corrected chi connectivity index (χ0v) is 5.22. The Balaban J connectivity index is 3.07. The van der Waals surface area contributed by atoms with Gasteiger partial charge in [-0.25, -0.2) is 0 Å². The first-order valence-corrected chi connectivity index (χ1v) is 2.89. The highest BCUT2D eigenvalue weighted by Gasteiger charge is 2.00. The van der Waals surface area contributed by atoms with Crippen LogP contribution in [0.1, 0.15) is 13.3 Å². The third kappa shape index (κ3) is 2.96. The number of hydrazine groups is 1. The van der Waals surface area contributed by atoms with E-state index in [1.165, 1.54) is 0 Å². The molecule has 0 saturated heterocycles. The van der Waals surface area contributed by atoms with Crippen LogP contribution < -0.4 is 11.3 Å². The van der Waals surface area contributed by atoms with Crippen molar-refractivity contribution in [2.24, 2.45) is 11.8 Å². The highest BCUT2D eigenvalue weighted by atomic mass is 16.3. The van der Waals surface area contributed by atoms with E-state index < -0.39 is 0 Å². The van der Waals surface area contributed by atoms with Crippen molar-refractivity contribution in [2.75, 3.05) is 13.2 Å². The lowest BCUT2D eigenvalue weighted by Gasteiger charge is -2.08. The number of aliphatic hydroxyl groups is 1. The molecule has 3 heteroatoms. The minimum absolute atomic E-state index is 0.223. The maximum absolute atomic E-state index is 8.56. The van der Waals surface area contributed by atoms with Crippen LogP contribution in [0, 0.1) is 5.92 Å². The average molecular weight is 118 g/mol. The van der Waals surface area contributed by atoms with E-state index in [9.17, 15) is 0 Å². The summed E-state index contributed by atoms with van der Waals surface area (Å²) in [6.07, 6.45) is 0.973. The molecule has 4 N–H and O–H groups in total. The van der Waals surface area contributed by atoms with E-state index in [0.717, 1.165) is 6.42 Å². The van der Waals surface area contributed by atoms with Gasteiger partial charge >= 0.3 is 0 Å². The number of nitrogens with one attached hydrogen (secondary N) is 1. The summed E-state index contributed by atoms with van der Waals surface area (Å²) in [7, 11) is 0. The van der Waals surface area contributed by atoms with Crippen LogP contribution in [0.3, 0.4) is 0 Å². The molecular weight excluding hydrogens is 104 g/mol. The van der Waals surface area contributed by atoms with Crippen LogP contribution in [-0.4, -0.2) is 18.3 Å². The van der Waals surface area contributed by atoms with Gasteiger partial charge < -0.3 is 5.11 Å². The van der Waals surface area contributed by atoms with Gasteiger partial charge in [-0.2, -0.15) is 0 Å². The Morgan fingerprint density at radius 3 is 2.50 bits per heavy atom. The van der Waals surface area contributed by atoms with Crippen molar-refractivity contribution in [3.05, 3.63) is 0 Å². The summed E-state index contributed by atoms with van der Waals surface area (Å²) in [5.41, 5.74) is 2.51. The molecule has 0 aromatic rings. The van der Waals surface area contributed by atoms with Crippen molar-refractivity contribution in [3.8, 4) is 0 Å². The quantitative estimate of drug-likeness (QED) is 0.343. The molecule has 0 fully saturated rings. The van der Waals surface area contributed by atoms with Crippen molar-refractivity contribution >= 4 is 0 Å². The van der Waals surface area contributed by atoms with Crippen LogP contribution in [0.2, 0.25) is 0 Å². The number of rotatable bonds is 4. The molecule has 0 bridgehead atoms. The average Bonchev–Trinajstić information content (AvgIpc) is 1.83. The zero-order chi connectivity index (χ0) is 6.41. The smallest absolute Gasteiger partial charge is 0.0471 e. The normalized spacial score (nSPS) is 13.9. The van der Waals surface area contributed by atoms with Gasteiger partial charge in [0.25, 0.3) is 0 Å². The molecule has 0 aromatic heterocycles. The molecule has 0 saturated carbocycles. The van der Waals surface area contributed by atoms with Crippen LogP contribution in [0.15, 0.2) is 0 Å². The third-order valence-electron chi connectivity index (χ3n) is 1.24. The summed E-state index contributed by atoms with van der Waals surface area (Å²) >= 11 is 0. The Hall–Kier alpha value is -0.120. The lowest BCUT2D eigenvalue weighted by Crippen LogP contribution is -2.30. The van der Waals surface area contributed by atoms with Gasteiger partial charge in [0.05, 0.1) is 0 Å². The lowest BCUT2D eigenvalue weighted by molar-refractivity contribution is 0.219. The van der Waals surface area contributed by atoms with Gasteiger partial charge in [0.1, 0.15) is 0 Å². The summed E-state index contributed by atoms with van der Waals surface area (Å²) in [5, 5.41) is 8.56. The van der Waals surface area contributed by atoms with Gasteiger partial charge in [-0.1, -0.05) is 6.92 Å². The van der Waals surface area contributed by atoms with E-state index in [1.807, 2.05) is 6.92 Å². The standard InChI is InChI=1S/C5H14N2O/c1-2-5(4-8)3-7-6/h5,7-8H,2-4,6H2,1H3. The summed E-state index contributed by atoms with van der Waals surface area (Å²) in [5.74, 6) is 5.34. The number of nitrogens with two attached hydrogens (primary N) is 1. The molecule has 0 aromatic carbocycles. The molecule has 0 rings (SSSR count). The van der Waals surface area contributed by atoms with Crippen molar-refractivity contribution in [1.82, 2.24) is 5.43 Å². The first-order chi connectivity index (χ1) is 3.85. The second-order valence-electron chi connectivity index (χ2n) is 1.87. The molecule has 0 spiro atoms. The van der Waals surface area contributed by atoms with Gasteiger partial charge in [0, 0.05) is 13.2 Å². The molecule has 1 atom stereocenters. The topological polar surface area (TPSA) is 58.3 Å². The molecule has 0 aliphatic heterocycles. The van der Waals surface area contributed by atoms with E-state index in [0.29, 0.717) is 12.5 Å². The highest BCUT2D eigenvalue weighted by Crippen LogP contribution is 1.96. The predicted octanol–water partition coefficient (Wildman–Crippen LogP) is -0.532. The largest absolute Gasteiger partial charge is 0.396 e. The van der Waals surface area contributed by atoms with Crippen molar-refractivity contribution in [1.29, 1.82) is 0 Å². The molecule has 0 amide bonds. The Kier molecular flexibility index (Phi) is 4.95. The SMILES string of the molecule is CCC(CO)CNN.